The number of rotatable bonds is 5. The van der Waals surface area contributed by atoms with E-state index >= 15 is 0 Å². The van der Waals surface area contributed by atoms with Gasteiger partial charge in [-0.05, 0) is 20.3 Å². The van der Waals surface area contributed by atoms with Gasteiger partial charge < -0.3 is 20.4 Å². The van der Waals surface area contributed by atoms with Gasteiger partial charge in [-0.3, -0.25) is 4.79 Å². The van der Waals surface area contributed by atoms with Crippen molar-refractivity contribution in [2.75, 3.05) is 13.1 Å². The predicted molar refractivity (Wildman–Crippen MR) is 116 cm³/mol. The summed E-state index contributed by atoms with van der Waals surface area (Å²) in [7, 11) is 0. The van der Waals surface area contributed by atoms with Gasteiger partial charge in [0, 0.05) is 31.1 Å². The minimum absolute atomic E-state index is 0. The fourth-order valence-corrected chi connectivity index (χ4v) is 2.75. The maximum absolute atomic E-state index is 11.3. The Hall–Kier alpha value is -2.10. The number of nitrogens with zero attached hydrogens (tertiary/aromatic N) is 2. The highest BCUT2D eigenvalue weighted by Gasteiger charge is 2.18. The molecule has 0 bridgehead atoms. The molecule has 1 aromatic carbocycles. The number of guanidine groups is 1. The van der Waals surface area contributed by atoms with Gasteiger partial charge in [0.15, 0.2) is 11.7 Å². The number of aryl methyl sites for hydroxylation is 1. The van der Waals surface area contributed by atoms with Gasteiger partial charge in [0.05, 0.1) is 6.20 Å². The van der Waals surface area contributed by atoms with E-state index in [1.165, 1.54) is 5.56 Å². The molecule has 146 valence electrons. The monoisotopic (exact) mass is 483 g/mol. The minimum Gasteiger partial charge on any atom is -0.439 e. The van der Waals surface area contributed by atoms with E-state index in [0.29, 0.717) is 31.4 Å². The van der Waals surface area contributed by atoms with Crippen molar-refractivity contribution >= 4 is 35.8 Å². The molecule has 0 spiro atoms. The number of benzene rings is 1. The fourth-order valence-electron chi connectivity index (χ4n) is 2.75. The first-order chi connectivity index (χ1) is 12.6. The molecular formula is C19H26IN5O2. The molecule has 1 saturated heterocycles. The first kappa shape index (κ1) is 21.2. The molecule has 1 aliphatic heterocycles. The van der Waals surface area contributed by atoms with Crippen LogP contribution in [-0.4, -0.2) is 36.0 Å². The molecule has 0 saturated carbocycles. The fraction of sp³-hybridized carbons (Fsp3) is 0.421. The van der Waals surface area contributed by atoms with E-state index in [4.69, 9.17) is 4.42 Å². The maximum atomic E-state index is 11.3. The van der Waals surface area contributed by atoms with Crippen LogP contribution in [0.25, 0.3) is 11.3 Å². The third kappa shape index (κ3) is 6.23. The molecule has 1 aromatic heterocycles. The number of hydrogen-bond donors (Lipinski definition) is 3. The summed E-state index contributed by atoms with van der Waals surface area (Å²) >= 11 is 0. The lowest BCUT2D eigenvalue weighted by molar-refractivity contribution is -0.122. The van der Waals surface area contributed by atoms with Gasteiger partial charge in [0.2, 0.25) is 11.8 Å². The van der Waals surface area contributed by atoms with Gasteiger partial charge >= 0.3 is 0 Å². The molecule has 7 nitrogen and oxygen atoms in total. The summed E-state index contributed by atoms with van der Waals surface area (Å²) in [5.41, 5.74) is 2.21. The largest absolute Gasteiger partial charge is 0.439 e. The lowest BCUT2D eigenvalue weighted by Gasteiger charge is -2.25. The smallest absolute Gasteiger partial charge is 0.220 e. The van der Waals surface area contributed by atoms with Crippen molar-refractivity contribution < 1.29 is 9.21 Å². The minimum atomic E-state index is 0. The van der Waals surface area contributed by atoms with E-state index in [0.717, 1.165) is 24.3 Å². The summed E-state index contributed by atoms with van der Waals surface area (Å²) in [6.07, 6.45) is 3.07. The molecule has 3 rings (SSSR count). The average Bonchev–Trinajstić information content (AvgIpc) is 3.11. The third-order valence-corrected chi connectivity index (χ3v) is 4.21. The third-order valence-electron chi connectivity index (χ3n) is 4.21. The Morgan fingerprint density at radius 2 is 2.15 bits per heavy atom. The van der Waals surface area contributed by atoms with Crippen LogP contribution in [0, 0.1) is 6.92 Å². The van der Waals surface area contributed by atoms with Crippen LogP contribution in [-0.2, 0) is 11.3 Å². The Balaban J connectivity index is 0.00000261. The van der Waals surface area contributed by atoms with Crippen molar-refractivity contribution in [3.63, 3.8) is 0 Å². The van der Waals surface area contributed by atoms with Gasteiger partial charge in [-0.15, -0.1) is 24.0 Å². The molecule has 0 radical (unpaired) electrons. The first-order valence-corrected chi connectivity index (χ1v) is 8.97. The molecule has 3 N–H and O–H groups in total. The topological polar surface area (TPSA) is 91.6 Å². The number of halogens is 1. The van der Waals surface area contributed by atoms with E-state index in [-0.39, 0.29) is 35.9 Å². The molecule has 27 heavy (non-hydrogen) atoms. The molecule has 1 aliphatic rings. The maximum Gasteiger partial charge on any atom is 0.220 e. The van der Waals surface area contributed by atoms with Crippen LogP contribution in [0.15, 0.2) is 39.9 Å². The number of hydrogen-bond acceptors (Lipinski definition) is 4. The van der Waals surface area contributed by atoms with Crippen molar-refractivity contribution in [1.29, 1.82) is 0 Å². The SMILES string of the molecule is CCNC(=NCc1ncc(-c2ccc(C)cc2)o1)NC1CCC(=O)NC1.I. The summed E-state index contributed by atoms with van der Waals surface area (Å²) in [6.45, 7) is 5.78. The molecular weight excluding hydrogens is 457 g/mol. The highest BCUT2D eigenvalue weighted by Crippen LogP contribution is 2.21. The second kappa shape index (κ2) is 10.3. The van der Waals surface area contributed by atoms with Crippen molar-refractivity contribution in [1.82, 2.24) is 20.9 Å². The van der Waals surface area contributed by atoms with Crippen LogP contribution >= 0.6 is 24.0 Å². The van der Waals surface area contributed by atoms with Gasteiger partial charge in [0.25, 0.3) is 0 Å². The summed E-state index contributed by atoms with van der Waals surface area (Å²) in [6, 6.07) is 8.31. The standard InChI is InChI=1S/C19H25N5O2.HI/c1-3-20-19(24-15-8-9-17(25)21-10-15)23-12-18-22-11-16(26-18)14-6-4-13(2)5-7-14;/h4-7,11,15H,3,8-10,12H2,1-2H3,(H,21,25)(H2,20,23,24);1H. The zero-order valence-corrected chi connectivity index (χ0v) is 17.9. The van der Waals surface area contributed by atoms with Crippen LogP contribution < -0.4 is 16.0 Å². The number of amides is 1. The normalized spacial score (nSPS) is 17.0. The quantitative estimate of drug-likeness (QED) is 0.346. The zero-order valence-electron chi connectivity index (χ0n) is 15.6. The molecule has 2 aromatic rings. The van der Waals surface area contributed by atoms with E-state index in [1.54, 1.807) is 6.20 Å². The number of aromatic nitrogens is 1. The number of piperidine rings is 1. The molecule has 1 atom stereocenters. The summed E-state index contributed by atoms with van der Waals surface area (Å²) < 4.78 is 5.81. The van der Waals surface area contributed by atoms with Crippen molar-refractivity contribution in [2.24, 2.45) is 4.99 Å². The predicted octanol–water partition coefficient (Wildman–Crippen LogP) is 2.60. The van der Waals surface area contributed by atoms with Crippen molar-refractivity contribution in [3.05, 3.63) is 41.9 Å². The highest BCUT2D eigenvalue weighted by atomic mass is 127. The van der Waals surface area contributed by atoms with Crippen LogP contribution in [0.4, 0.5) is 0 Å². The lowest BCUT2D eigenvalue weighted by atomic mass is 10.1. The Bertz CT molecular complexity index is 763. The van der Waals surface area contributed by atoms with Gasteiger partial charge in [-0.25, -0.2) is 9.98 Å². The van der Waals surface area contributed by atoms with Gasteiger partial charge in [-0.2, -0.15) is 0 Å². The van der Waals surface area contributed by atoms with Crippen molar-refractivity contribution in [3.8, 4) is 11.3 Å². The zero-order chi connectivity index (χ0) is 18.4. The van der Waals surface area contributed by atoms with E-state index in [9.17, 15) is 4.79 Å². The summed E-state index contributed by atoms with van der Waals surface area (Å²) in [4.78, 5) is 20.1. The molecule has 8 heteroatoms. The first-order valence-electron chi connectivity index (χ1n) is 8.97. The van der Waals surface area contributed by atoms with E-state index in [2.05, 4.69) is 32.9 Å². The number of carbonyl (C=O) groups excluding carboxylic acids is 1. The second-order valence-electron chi connectivity index (χ2n) is 6.36. The van der Waals surface area contributed by atoms with Gasteiger partial charge in [-0.1, -0.05) is 29.8 Å². The Kier molecular flexibility index (Phi) is 8.08. The van der Waals surface area contributed by atoms with Crippen LogP contribution in [0.5, 0.6) is 0 Å². The van der Waals surface area contributed by atoms with Crippen LogP contribution in [0.2, 0.25) is 0 Å². The molecule has 0 aliphatic carbocycles. The molecule has 1 amide bonds. The number of aliphatic imine (C=N–C) groups is 1. The Morgan fingerprint density at radius 1 is 1.37 bits per heavy atom. The van der Waals surface area contributed by atoms with E-state index < -0.39 is 0 Å². The molecule has 1 fully saturated rings. The van der Waals surface area contributed by atoms with Crippen molar-refractivity contribution in [2.45, 2.75) is 39.3 Å². The summed E-state index contributed by atoms with van der Waals surface area (Å²) in [5, 5.41) is 9.42. The second-order valence-corrected chi connectivity index (χ2v) is 6.36. The van der Waals surface area contributed by atoms with E-state index in [1.807, 2.05) is 31.2 Å². The molecule has 1 unspecified atom stereocenters. The van der Waals surface area contributed by atoms with Crippen LogP contribution in [0.3, 0.4) is 0 Å². The lowest BCUT2D eigenvalue weighted by Crippen LogP contribution is -2.51. The average molecular weight is 483 g/mol. The van der Waals surface area contributed by atoms with Crippen LogP contribution in [0.1, 0.15) is 31.2 Å². The highest BCUT2D eigenvalue weighted by molar-refractivity contribution is 14.0. The van der Waals surface area contributed by atoms with Gasteiger partial charge in [0.1, 0.15) is 6.54 Å². The number of oxazole rings is 1. The number of carbonyl (C=O) groups is 1. The Morgan fingerprint density at radius 3 is 2.81 bits per heavy atom. The summed E-state index contributed by atoms with van der Waals surface area (Å²) in [5.74, 6) is 2.11. The molecule has 2 heterocycles. The number of nitrogens with one attached hydrogen (secondary N) is 3. The Labute approximate surface area is 176 Å².